The number of hydrogen-bond acceptors (Lipinski definition) is 4. The second kappa shape index (κ2) is 3.84. The van der Waals surface area contributed by atoms with Gasteiger partial charge in [-0.05, 0) is 18.6 Å². The quantitative estimate of drug-likeness (QED) is 0.791. The summed E-state index contributed by atoms with van der Waals surface area (Å²) in [6, 6.07) is 8.14. The number of benzene rings is 1. The summed E-state index contributed by atoms with van der Waals surface area (Å²) in [5, 5.41) is 17.6. The van der Waals surface area contributed by atoms with E-state index < -0.39 is 20.5 Å². The van der Waals surface area contributed by atoms with Crippen LogP contribution in [0.2, 0.25) is 0 Å². The average molecular weight is 242 g/mol. The highest BCUT2D eigenvalue weighted by atomic mass is 32.2. The first-order chi connectivity index (χ1) is 7.57. The summed E-state index contributed by atoms with van der Waals surface area (Å²) >= 11 is 0. The van der Waals surface area contributed by atoms with Gasteiger partial charge < -0.3 is 10.2 Å². The molecular weight excluding hydrogens is 228 g/mol. The Morgan fingerprint density at radius 1 is 1.19 bits per heavy atom. The monoisotopic (exact) mass is 242 g/mol. The van der Waals surface area contributed by atoms with Crippen molar-refractivity contribution in [1.82, 2.24) is 0 Å². The van der Waals surface area contributed by atoms with Gasteiger partial charge in [0.15, 0.2) is 9.84 Å². The third-order valence-electron chi connectivity index (χ3n) is 3.19. The van der Waals surface area contributed by atoms with E-state index in [1.54, 1.807) is 18.2 Å². The van der Waals surface area contributed by atoms with Gasteiger partial charge in [0.25, 0.3) is 0 Å². The average Bonchev–Trinajstić information content (AvgIpc) is 3.06. The zero-order valence-electron chi connectivity index (χ0n) is 8.70. The Balaban J connectivity index is 2.30. The minimum Gasteiger partial charge on any atom is -0.396 e. The molecule has 2 rings (SSSR count). The van der Waals surface area contributed by atoms with E-state index in [4.69, 9.17) is 10.2 Å². The normalized spacial score (nSPS) is 23.0. The molecule has 0 unspecified atom stereocenters. The van der Waals surface area contributed by atoms with E-state index in [9.17, 15) is 8.42 Å². The van der Waals surface area contributed by atoms with E-state index in [1.807, 2.05) is 0 Å². The van der Waals surface area contributed by atoms with E-state index in [1.165, 1.54) is 12.1 Å². The maximum absolute atomic E-state index is 12.1. The van der Waals surface area contributed by atoms with Crippen molar-refractivity contribution in [2.45, 2.75) is 16.6 Å². The Morgan fingerprint density at radius 3 is 2.19 bits per heavy atom. The lowest BCUT2D eigenvalue weighted by Gasteiger charge is -2.10. The number of hydrogen-bond donors (Lipinski definition) is 2. The van der Waals surface area contributed by atoms with Crippen molar-refractivity contribution in [3.05, 3.63) is 30.3 Å². The highest BCUT2D eigenvalue weighted by Crippen LogP contribution is 2.51. The zero-order valence-corrected chi connectivity index (χ0v) is 9.52. The van der Waals surface area contributed by atoms with Crippen LogP contribution >= 0.6 is 0 Å². The Hall–Kier alpha value is -0.910. The largest absolute Gasteiger partial charge is 0.396 e. The zero-order chi connectivity index (χ0) is 11.8. The summed E-state index contributed by atoms with van der Waals surface area (Å²) in [5.41, 5.74) is -0.839. The minimum atomic E-state index is -3.42. The summed E-state index contributed by atoms with van der Waals surface area (Å²) in [6.07, 6.45) is 0.331. The van der Waals surface area contributed by atoms with Crippen LogP contribution in [0.15, 0.2) is 35.2 Å². The summed E-state index contributed by atoms with van der Waals surface area (Å²) in [5.74, 6) is 0. The first-order valence-electron chi connectivity index (χ1n) is 5.07. The standard InChI is InChI=1S/C11H14O4S/c12-7-11(8-13)6-10(11)16(14,15)9-4-2-1-3-5-9/h1-5,10,12-13H,6-8H2/t10-/m0/s1. The first-order valence-corrected chi connectivity index (χ1v) is 6.62. The first kappa shape index (κ1) is 11.6. The van der Waals surface area contributed by atoms with Crippen LogP contribution in [-0.2, 0) is 9.84 Å². The van der Waals surface area contributed by atoms with Crippen LogP contribution in [0.5, 0.6) is 0 Å². The fourth-order valence-electron chi connectivity index (χ4n) is 1.91. The van der Waals surface area contributed by atoms with Crippen molar-refractivity contribution >= 4 is 9.84 Å². The van der Waals surface area contributed by atoms with E-state index >= 15 is 0 Å². The predicted molar refractivity (Wildman–Crippen MR) is 58.6 cm³/mol. The molecule has 88 valence electrons. The number of aliphatic hydroxyl groups excluding tert-OH is 2. The van der Waals surface area contributed by atoms with Crippen LogP contribution in [0.4, 0.5) is 0 Å². The van der Waals surface area contributed by atoms with Crippen molar-refractivity contribution < 1.29 is 18.6 Å². The molecule has 1 fully saturated rings. The highest BCUT2D eigenvalue weighted by Gasteiger charge is 2.60. The van der Waals surface area contributed by atoms with Gasteiger partial charge in [-0.25, -0.2) is 8.42 Å². The summed E-state index contributed by atoms with van der Waals surface area (Å²) in [6.45, 7) is -0.583. The van der Waals surface area contributed by atoms with E-state index in [2.05, 4.69) is 0 Å². The third-order valence-corrected chi connectivity index (χ3v) is 5.54. The molecule has 0 bridgehead atoms. The molecule has 0 aliphatic heterocycles. The predicted octanol–water partition coefficient (Wildman–Crippen LogP) is 0.204. The Bertz CT molecular complexity index is 462. The third kappa shape index (κ3) is 1.65. The second-order valence-corrected chi connectivity index (χ2v) is 6.36. The lowest BCUT2D eigenvalue weighted by molar-refractivity contribution is 0.134. The van der Waals surface area contributed by atoms with Gasteiger partial charge in [0.1, 0.15) is 0 Å². The maximum Gasteiger partial charge on any atom is 0.181 e. The molecule has 1 aromatic carbocycles. The molecule has 0 saturated heterocycles. The molecule has 2 N–H and O–H groups in total. The molecule has 0 amide bonds. The molecule has 0 radical (unpaired) electrons. The van der Waals surface area contributed by atoms with Crippen LogP contribution in [0.1, 0.15) is 6.42 Å². The maximum atomic E-state index is 12.1. The van der Waals surface area contributed by atoms with Crippen LogP contribution < -0.4 is 0 Å². The molecule has 1 aliphatic rings. The molecule has 0 aromatic heterocycles. The van der Waals surface area contributed by atoms with Crippen molar-refractivity contribution in [2.75, 3.05) is 13.2 Å². The van der Waals surface area contributed by atoms with Crippen molar-refractivity contribution in [1.29, 1.82) is 0 Å². The fraction of sp³-hybridized carbons (Fsp3) is 0.455. The minimum absolute atomic E-state index is 0.253. The lowest BCUT2D eigenvalue weighted by atomic mass is 10.1. The SMILES string of the molecule is O=S(=O)(c1ccccc1)[C@H]1CC1(CO)CO. The van der Waals surface area contributed by atoms with Crippen molar-refractivity contribution in [3.8, 4) is 0 Å². The Kier molecular flexibility index (Phi) is 2.77. The molecule has 1 aliphatic carbocycles. The van der Waals surface area contributed by atoms with Gasteiger partial charge in [0, 0.05) is 5.41 Å². The smallest absolute Gasteiger partial charge is 0.181 e. The molecule has 5 heteroatoms. The van der Waals surface area contributed by atoms with Crippen molar-refractivity contribution in [2.24, 2.45) is 5.41 Å². The number of sulfone groups is 1. The summed E-state index contributed by atoms with van der Waals surface area (Å²) < 4.78 is 24.2. The topological polar surface area (TPSA) is 74.6 Å². The molecule has 1 atom stereocenters. The van der Waals surface area contributed by atoms with Crippen LogP contribution in [-0.4, -0.2) is 37.1 Å². The molecule has 16 heavy (non-hydrogen) atoms. The summed E-state index contributed by atoms with van der Waals surface area (Å²) in [7, 11) is -3.42. The van der Waals surface area contributed by atoms with Gasteiger partial charge in [0.05, 0.1) is 23.4 Å². The van der Waals surface area contributed by atoms with Gasteiger partial charge in [-0.1, -0.05) is 18.2 Å². The number of rotatable bonds is 4. The molecule has 0 spiro atoms. The van der Waals surface area contributed by atoms with Gasteiger partial charge in [-0.15, -0.1) is 0 Å². The summed E-state index contributed by atoms with van der Waals surface area (Å²) in [4.78, 5) is 0.253. The second-order valence-electron chi connectivity index (χ2n) is 4.23. The van der Waals surface area contributed by atoms with Crippen LogP contribution in [0.3, 0.4) is 0 Å². The molecular formula is C11H14O4S. The molecule has 1 saturated carbocycles. The van der Waals surface area contributed by atoms with E-state index in [0.717, 1.165) is 0 Å². The van der Waals surface area contributed by atoms with Crippen LogP contribution in [0, 0.1) is 5.41 Å². The molecule has 0 heterocycles. The van der Waals surface area contributed by atoms with Crippen LogP contribution in [0.25, 0.3) is 0 Å². The molecule has 4 nitrogen and oxygen atoms in total. The van der Waals surface area contributed by atoms with E-state index in [-0.39, 0.29) is 18.1 Å². The van der Waals surface area contributed by atoms with E-state index in [0.29, 0.717) is 6.42 Å². The van der Waals surface area contributed by atoms with Gasteiger partial charge in [-0.2, -0.15) is 0 Å². The highest BCUT2D eigenvalue weighted by molar-refractivity contribution is 7.92. The number of aliphatic hydroxyl groups is 2. The fourth-order valence-corrected chi connectivity index (χ4v) is 4.13. The Labute approximate surface area is 94.5 Å². The lowest BCUT2D eigenvalue weighted by Crippen LogP contribution is -2.22. The van der Waals surface area contributed by atoms with Gasteiger partial charge in [-0.3, -0.25) is 0 Å². The van der Waals surface area contributed by atoms with Gasteiger partial charge in [0.2, 0.25) is 0 Å². The van der Waals surface area contributed by atoms with Gasteiger partial charge >= 0.3 is 0 Å². The Morgan fingerprint density at radius 2 is 1.75 bits per heavy atom. The van der Waals surface area contributed by atoms with Crippen molar-refractivity contribution in [3.63, 3.8) is 0 Å². The molecule has 1 aromatic rings.